The van der Waals surface area contributed by atoms with Crippen molar-refractivity contribution in [2.24, 2.45) is 11.8 Å². The van der Waals surface area contributed by atoms with Crippen LogP contribution in [0.15, 0.2) is 18.2 Å². The van der Waals surface area contributed by atoms with E-state index in [9.17, 15) is 18.0 Å². The van der Waals surface area contributed by atoms with Gasteiger partial charge in [0.05, 0.1) is 12.7 Å². The fourth-order valence-electron chi connectivity index (χ4n) is 3.86. The summed E-state index contributed by atoms with van der Waals surface area (Å²) >= 11 is 0. The first kappa shape index (κ1) is 22.2. The van der Waals surface area contributed by atoms with Crippen LogP contribution in [0.25, 0.3) is 0 Å². The van der Waals surface area contributed by atoms with Crippen LogP contribution >= 0.6 is 0 Å². The summed E-state index contributed by atoms with van der Waals surface area (Å²) in [5.74, 6) is -0.208. The normalized spacial score (nSPS) is 24.7. The van der Waals surface area contributed by atoms with Crippen molar-refractivity contribution in [1.29, 1.82) is 0 Å². The molecule has 0 unspecified atom stereocenters. The Bertz CT molecular complexity index is 788. The standard InChI is InChI=1S/C17H22N2O4.C2HF3O2/c1-18-17(20)5-12-9-21-16-8-19(7-13(12)16)6-11-2-3-14-15(4-11)23-10-22-14;3-2(4,5)1(6)7/h2-4,12-13,16H,5-10H2,1H3,(H,18,20);(H,6,7)/t12-,13-,16-;/m1./s1. The van der Waals surface area contributed by atoms with Gasteiger partial charge in [-0.2, -0.15) is 13.2 Å². The number of rotatable bonds is 4. The molecule has 0 saturated carbocycles. The van der Waals surface area contributed by atoms with E-state index in [0.29, 0.717) is 31.7 Å². The van der Waals surface area contributed by atoms with E-state index in [0.717, 1.165) is 31.1 Å². The lowest BCUT2D eigenvalue weighted by Gasteiger charge is -2.19. The summed E-state index contributed by atoms with van der Waals surface area (Å²) in [5, 5.41) is 9.84. The van der Waals surface area contributed by atoms with Crippen LogP contribution in [0.5, 0.6) is 11.5 Å². The predicted octanol–water partition coefficient (Wildman–Crippen LogP) is 1.63. The second-order valence-electron chi connectivity index (χ2n) is 7.36. The number of carboxylic acids is 1. The molecule has 0 aliphatic carbocycles. The van der Waals surface area contributed by atoms with Crippen molar-refractivity contribution in [3.63, 3.8) is 0 Å². The molecule has 0 spiro atoms. The summed E-state index contributed by atoms with van der Waals surface area (Å²) in [4.78, 5) is 22.9. The van der Waals surface area contributed by atoms with Gasteiger partial charge >= 0.3 is 12.1 Å². The van der Waals surface area contributed by atoms with Crippen LogP contribution in [-0.2, 0) is 20.9 Å². The molecule has 1 amide bonds. The van der Waals surface area contributed by atoms with Gasteiger partial charge in [-0.3, -0.25) is 9.69 Å². The van der Waals surface area contributed by atoms with E-state index in [-0.39, 0.29) is 12.0 Å². The highest BCUT2D eigenvalue weighted by atomic mass is 19.4. The number of carbonyl (C=O) groups is 2. The van der Waals surface area contributed by atoms with E-state index in [1.165, 1.54) is 5.56 Å². The van der Waals surface area contributed by atoms with E-state index in [1.54, 1.807) is 7.05 Å². The number of halogens is 3. The van der Waals surface area contributed by atoms with Crippen molar-refractivity contribution in [2.45, 2.75) is 25.2 Å². The lowest BCUT2D eigenvalue weighted by atomic mass is 9.90. The molecule has 1 aromatic rings. The monoisotopic (exact) mass is 432 g/mol. The molecular formula is C19H23F3N2O6. The molecule has 1 aromatic carbocycles. The third kappa shape index (κ3) is 5.33. The molecule has 2 fully saturated rings. The maximum Gasteiger partial charge on any atom is 0.490 e. The first-order chi connectivity index (χ1) is 14.2. The number of nitrogens with zero attached hydrogens (tertiary/aromatic N) is 1. The molecule has 30 heavy (non-hydrogen) atoms. The first-order valence-corrected chi connectivity index (χ1v) is 9.40. The van der Waals surface area contributed by atoms with E-state index >= 15 is 0 Å². The maximum absolute atomic E-state index is 11.6. The number of aliphatic carboxylic acids is 1. The average molecular weight is 432 g/mol. The zero-order valence-corrected chi connectivity index (χ0v) is 16.3. The number of ether oxygens (including phenoxy) is 3. The molecule has 0 aromatic heterocycles. The first-order valence-electron chi connectivity index (χ1n) is 9.40. The highest BCUT2D eigenvalue weighted by molar-refractivity contribution is 5.75. The molecule has 0 bridgehead atoms. The Labute approximate surface area is 170 Å². The lowest BCUT2D eigenvalue weighted by molar-refractivity contribution is -0.192. The third-order valence-electron chi connectivity index (χ3n) is 5.33. The van der Waals surface area contributed by atoms with Gasteiger partial charge in [-0.25, -0.2) is 4.79 Å². The van der Waals surface area contributed by atoms with Crippen molar-refractivity contribution in [3.8, 4) is 11.5 Å². The number of benzene rings is 1. The Kier molecular flexibility index (Phi) is 6.71. The summed E-state index contributed by atoms with van der Waals surface area (Å²) in [6.45, 7) is 3.81. The summed E-state index contributed by atoms with van der Waals surface area (Å²) in [6, 6.07) is 6.11. The SMILES string of the molecule is CNC(=O)C[C@@H]1CO[C@@H]2CN(Cc3ccc4c(c3)OCO4)C[C@H]12.O=C(O)C(F)(F)F. The smallest absolute Gasteiger partial charge is 0.475 e. The van der Waals surface area contributed by atoms with Gasteiger partial charge in [0.2, 0.25) is 12.7 Å². The number of hydrogen-bond acceptors (Lipinski definition) is 6. The average Bonchev–Trinajstić information content (AvgIpc) is 3.38. The Morgan fingerprint density at radius 2 is 1.93 bits per heavy atom. The fourth-order valence-corrected chi connectivity index (χ4v) is 3.86. The van der Waals surface area contributed by atoms with E-state index in [1.807, 2.05) is 6.07 Å². The van der Waals surface area contributed by atoms with E-state index < -0.39 is 12.1 Å². The predicted molar refractivity (Wildman–Crippen MR) is 96.9 cm³/mol. The topological polar surface area (TPSA) is 97.3 Å². The fraction of sp³-hybridized carbons (Fsp3) is 0.579. The molecule has 3 aliphatic heterocycles. The summed E-state index contributed by atoms with van der Waals surface area (Å²) in [6.07, 6.45) is -4.26. The molecule has 3 atom stereocenters. The molecule has 3 aliphatic rings. The molecule has 11 heteroatoms. The van der Waals surface area contributed by atoms with Gasteiger partial charge in [0.1, 0.15) is 0 Å². The Morgan fingerprint density at radius 3 is 2.60 bits per heavy atom. The highest BCUT2D eigenvalue weighted by Gasteiger charge is 2.44. The van der Waals surface area contributed by atoms with Gasteiger partial charge in [-0.05, 0) is 23.6 Å². The number of carbonyl (C=O) groups excluding carboxylic acids is 1. The lowest BCUT2D eigenvalue weighted by Crippen LogP contribution is -2.28. The summed E-state index contributed by atoms with van der Waals surface area (Å²) < 4.78 is 48.4. The van der Waals surface area contributed by atoms with Crippen LogP contribution in [0, 0.1) is 11.8 Å². The van der Waals surface area contributed by atoms with Gasteiger partial charge in [-0.1, -0.05) is 6.07 Å². The Balaban J connectivity index is 0.000000318. The minimum atomic E-state index is -5.08. The minimum absolute atomic E-state index is 0.105. The third-order valence-corrected chi connectivity index (χ3v) is 5.33. The number of amides is 1. The van der Waals surface area contributed by atoms with E-state index in [4.69, 9.17) is 24.1 Å². The highest BCUT2D eigenvalue weighted by Crippen LogP contribution is 2.37. The van der Waals surface area contributed by atoms with Gasteiger partial charge < -0.3 is 24.6 Å². The van der Waals surface area contributed by atoms with Crippen LogP contribution in [0.3, 0.4) is 0 Å². The van der Waals surface area contributed by atoms with Crippen LogP contribution in [-0.4, -0.2) is 67.7 Å². The second-order valence-corrected chi connectivity index (χ2v) is 7.36. The molecule has 8 nitrogen and oxygen atoms in total. The van der Waals surface area contributed by atoms with Crippen molar-refractivity contribution in [1.82, 2.24) is 10.2 Å². The van der Waals surface area contributed by atoms with Crippen molar-refractivity contribution < 1.29 is 42.1 Å². The Hall–Kier alpha value is -2.53. The molecule has 0 radical (unpaired) electrons. The molecule has 2 saturated heterocycles. The molecule has 4 rings (SSSR count). The maximum atomic E-state index is 11.6. The second kappa shape index (κ2) is 9.09. The van der Waals surface area contributed by atoms with Crippen molar-refractivity contribution in [2.75, 3.05) is 33.5 Å². The summed E-state index contributed by atoms with van der Waals surface area (Å²) in [5.41, 5.74) is 1.22. The minimum Gasteiger partial charge on any atom is -0.475 e. The quantitative estimate of drug-likeness (QED) is 0.747. The van der Waals surface area contributed by atoms with Crippen LogP contribution in [0.4, 0.5) is 13.2 Å². The number of alkyl halides is 3. The number of hydrogen-bond donors (Lipinski definition) is 2. The van der Waals surface area contributed by atoms with Crippen molar-refractivity contribution in [3.05, 3.63) is 23.8 Å². The number of nitrogens with one attached hydrogen (secondary N) is 1. The molecular weight excluding hydrogens is 409 g/mol. The van der Waals surface area contributed by atoms with Crippen LogP contribution in [0.2, 0.25) is 0 Å². The number of fused-ring (bicyclic) bond motifs is 2. The molecule has 166 valence electrons. The van der Waals surface area contributed by atoms with Gasteiger partial charge in [0.15, 0.2) is 11.5 Å². The molecule has 2 N–H and O–H groups in total. The van der Waals surface area contributed by atoms with Crippen LogP contribution in [0.1, 0.15) is 12.0 Å². The zero-order valence-electron chi connectivity index (χ0n) is 16.3. The Morgan fingerprint density at radius 1 is 1.23 bits per heavy atom. The van der Waals surface area contributed by atoms with Crippen LogP contribution < -0.4 is 14.8 Å². The largest absolute Gasteiger partial charge is 0.490 e. The molecule has 3 heterocycles. The number of likely N-dealkylation sites (tertiary alicyclic amines) is 1. The van der Waals surface area contributed by atoms with Crippen molar-refractivity contribution >= 4 is 11.9 Å². The van der Waals surface area contributed by atoms with Gasteiger partial charge in [-0.15, -0.1) is 0 Å². The van der Waals surface area contributed by atoms with Gasteiger partial charge in [0, 0.05) is 39.0 Å². The van der Waals surface area contributed by atoms with E-state index in [2.05, 4.69) is 22.3 Å². The summed E-state index contributed by atoms with van der Waals surface area (Å²) in [7, 11) is 1.69. The number of carboxylic acid groups (broad SMARTS) is 1. The van der Waals surface area contributed by atoms with Gasteiger partial charge in [0.25, 0.3) is 0 Å². The zero-order chi connectivity index (χ0) is 21.9.